The molecule has 0 spiro atoms. The van der Waals surface area contributed by atoms with Crippen LogP contribution in [0.1, 0.15) is 29.6 Å². The number of thiazole rings is 1. The summed E-state index contributed by atoms with van der Waals surface area (Å²) in [5.74, 6) is 1.74. The van der Waals surface area contributed by atoms with E-state index in [2.05, 4.69) is 51.1 Å². The van der Waals surface area contributed by atoms with Crippen LogP contribution in [0.3, 0.4) is 0 Å². The van der Waals surface area contributed by atoms with Crippen molar-refractivity contribution >= 4 is 22.4 Å². The molecule has 22 heavy (non-hydrogen) atoms. The molecule has 0 radical (unpaired) electrons. The van der Waals surface area contributed by atoms with Crippen molar-refractivity contribution in [3.8, 4) is 0 Å². The van der Waals surface area contributed by atoms with Gasteiger partial charge in [-0.1, -0.05) is 12.1 Å². The second-order valence-corrected chi connectivity index (χ2v) is 6.95. The van der Waals surface area contributed by atoms with E-state index in [4.69, 9.17) is 4.98 Å². The van der Waals surface area contributed by atoms with Gasteiger partial charge < -0.3 is 4.57 Å². The van der Waals surface area contributed by atoms with Gasteiger partial charge in [0.05, 0.1) is 22.6 Å². The fourth-order valence-electron chi connectivity index (χ4n) is 3.37. The maximum absolute atomic E-state index is 4.80. The van der Waals surface area contributed by atoms with E-state index < -0.39 is 0 Å². The van der Waals surface area contributed by atoms with Gasteiger partial charge in [-0.2, -0.15) is 0 Å². The van der Waals surface area contributed by atoms with Gasteiger partial charge in [0.15, 0.2) is 0 Å². The number of fused-ring (bicyclic) bond motifs is 1. The third-order valence-electron chi connectivity index (χ3n) is 4.55. The average Bonchev–Trinajstić information content (AvgIpc) is 3.18. The monoisotopic (exact) mass is 312 g/mol. The molecule has 2 aromatic heterocycles. The first-order valence-corrected chi connectivity index (χ1v) is 8.71. The molecule has 0 unspecified atom stereocenters. The molecule has 0 amide bonds. The largest absolute Gasteiger partial charge is 0.330 e. The van der Waals surface area contributed by atoms with Crippen LogP contribution in [0.15, 0.2) is 35.8 Å². The number of rotatable bonds is 3. The third kappa shape index (κ3) is 2.55. The van der Waals surface area contributed by atoms with Gasteiger partial charge in [0, 0.05) is 31.1 Å². The van der Waals surface area contributed by atoms with Gasteiger partial charge in [0.1, 0.15) is 5.82 Å². The summed E-state index contributed by atoms with van der Waals surface area (Å²) in [6, 6.07) is 8.36. The number of benzene rings is 1. The molecule has 1 aliphatic rings. The number of para-hydroxylation sites is 2. The quantitative estimate of drug-likeness (QED) is 0.743. The van der Waals surface area contributed by atoms with Crippen LogP contribution in [0.25, 0.3) is 11.0 Å². The van der Waals surface area contributed by atoms with Crippen molar-refractivity contribution in [2.45, 2.75) is 25.3 Å². The van der Waals surface area contributed by atoms with Crippen molar-refractivity contribution in [2.24, 2.45) is 7.05 Å². The minimum Gasteiger partial charge on any atom is -0.330 e. The summed E-state index contributed by atoms with van der Waals surface area (Å²) in [7, 11) is 2.12. The van der Waals surface area contributed by atoms with Crippen molar-refractivity contribution in [1.29, 1.82) is 0 Å². The van der Waals surface area contributed by atoms with Crippen molar-refractivity contribution < 1.29 is 0 Å². The molecule has 0 aliphatic carbocycles. The SMILES string of the molecule is Cn1c(CN2CCC[C@H](c3nccs3)C2)nc2ccccc21. The smallest absolute Gasteiger partial charge is 0.123 e. The molecule has 114 valence electrons. The number of nitrogens with zero attached hydrogens (tertiary/aromatic N) is 4. The van der Waals surface area contributed by atoms with Gasteiger partial charge in [-0.25, -0.2) is 9.97 Å². The summed E-state index contributed by atoms with van der Waals surface area (Å²) in [4.78, 5) is 11.8. The Bertz CT molecular complexity index is 762. The molecule has 4 rings (SSSR count). The van der Waals surface area contributed by atoms with E-state index in [9.17, 15) is 0 Å². The number of likely N-dealkylation sites (tertiary alicyclic amines) is 1. The van der Waals surface area contributed by atoms with E-state index in [0.717, 1.165) is 31.0 Å². The molecule has 0 bridgehead atoms. The minimum absolute atomic E-state index is 0.587. The van der Waals surface area contributed by atoms with Gasteiger partial charge in [0.25, 0.3) is 0 Å². The standard InChI is InChI=1S/C17H20N4S/c1-20-15-7-3-2-6-14(15)19-16(20)12-21-9-4-5-13(11-21)17-18-8-10-22-17/h2-3,6-8,10,13H,4-5,9,11-12H2,1H3/t13-/m0/s1. The minimum atomic E-state index is 0.587. The molecular weight excluding hydrogens is 292 g/mol. The Morgan fingerprint density at radius 2 is 2.23 bits per heavy atom. The predicted molar refractivity (Wildman–Crippen MR) is 90.1 cm³/mol. The highest BCUT2D eigenvalue weighted by Gasteiger charge is 2.24. The van der Waals surface area contributed by atoms with Crippen molar-refractivity contribution in [1.82, 2.24) is 19.4 Å². The highest BCUT2D eigenvalue weighted by atomic mass is 32.1. The lowest BCUT2D eigenvalue weighted by Crippen LogP contribution is -2.34. The van der Waals surface area contributed by atoms with E-state index in [1.165, 1.54) is 23.4 Å². The lowest BCUT2D eigenvalue weighted by atomic mass is 9.99. The lowest BCUT2D eigenvalue weighted by Gasteiger charge is -2.31. The summed E-state index contributed by atoms with van der Waals surface area (Å²) in [5, 5.41) is 3.37. The van der Waals surface area contributed by atoms with Gasteiger partial charge in [0.2, 0.25) is 0 Å². The number of aryl methyl sites for hydroxylation is 1. The molecule has 1 aromatic carbocycles. The maximum Gasteiger partial charge on any atom is 0.123 e. The zero-order valence-electron chi connectivity index (χ0n) is 12.8. The molecule has 1 atom stereocenters. The fraction of sp³-hybridized carbons (Fsp3) is 0.412. The predicted octanol–water partition coefficient (Wildman–Crippen LogP) is 3.41. The highest BCUT2D eigenvalue weighted by Crippen LogP contribution is 2.29. The molecule has 0 saturated carbocycles. The summed E-state index contributed by atoms with van der Waals surface area (Å²) in [5.41, 5.74) is 2.31. The Morgan fingerprint density at radius 1 is 1.32 bits per heavy atom. The summed E-state index contributed by atoms with van der Waals surface area (Å²) in [6.07, 6.45) is 4.42. The van der Waals surface area contributed by atoms with Crippen molar-refractivity contribution in [3.63, 3.8) is 0 Å². The van der Waals surface area contributed by atoms with E-state index in [1.54, 1.807) is 11.3 Å². The lowest BCUT2D eigenvalue weighted by molar-refractivity contribution is 0.194. The van der Waals surface area contributed by atoms with Crippen LogP contribution in [0.4, 0.5) is 0 Å². The Kier molecular flexibility index (Phi) is 3.68. The summed E-state index contributed by atoms with van der Waals surface area (Å²) in [6.45, 7) is 3.18. The molecule has 5 heteroatoms. The third-order valence-corrected chi connectivity index (χ3v) is 5.49. The van der Waals surface area contributed by atoms with Crippen LogP contribution in [0.2, 0.25) is 0 Å². The van der Waals surface area contributed by atoms with E-state index in [1.807, 2.05) is 6.20 Å². The fourth-order valence-corrected chi connectivity index (χ4v) is 4.14. The second-order valence-electron chi connectivity index (χ2n) is 6.02. The second kappa shape index (κ2) is 5.82. The molecule has 1 saturated heterocycles. The van der Waals surface area contributed by atoms with Crippen LogP contribution in [-0.2, 0) is 13.6 Å². The topological polar surface area (TPSA) is 34.0 Å². The number of aromatic nitrogens is 3. The molecule has 3 aromatic rings. The van der Waals surface area contributed by atoms with Gasteiger partial charge in [-0.15, -0.1) is 11.3 Å². The normalized spacial score (nSPS) is 19.8. The summed E-state index contributed by atoms with van der Waals surface area (Å²) >= 11 is 1.79. The molecule has 4 nitrogen and oxygen atoms in total. The first-order valence-electron chi connectivity index (χ1n) is 7.83. The van der Waals surface area contributed by atoms with Crippen LogP contribution in [0, 0.1) is 0 Å². The molecule has 1 aliphatic heterocycles. The number of piperidine rings is 1. The summed E-state index contributed by atoms with van der Waals surface area (Å²) < 4.78 is 2.22. The number of hydrogen-bond donors (Lipinski definition) is 0. The molecule has 0 N–H and O–H groups in total. The van der Waals surface area contributed by atoms with E-state index >= 15 is 0 Å². The van der Waals surface area contributed by atoms with Crippen LogP contribution in [-0.4, -0.2) is 32.5 Å². The van der Waals surface area contributed by atoms with Gasteiger partial charge >= 0.3 is 0 Å². The zero-order chi connectivity index (χ0) is 14.9. The first-order chi connectivity index (χ1) is 10.8. The van der Waals surface area contributed by atoms with Crippen molar-refractivity contribution in [2.75, 3.05) is 13.1 Å². The highest BCUT2D eigenvalue weighted by molar-refractivity contribution is 7.09. The average molecular weight is 312 g/mol. The Labute approximate surface area is 134 Å². The number of hydrogen-bond acceptors (Lipinski definition) is 4. The van der Waals surface area contributed by atoms with Crippen LogP contribution < -0.4 is 0 Å². The molecular formula is C17H20N4S. The van der Waals surface area contributed by atoms with Crippen LogP contribution >= 0.6 is 11.3 Å². The van der Waals surface area contributed by atoms with E-state index in [0.29, 0.717) is 5.92 Å². The molecule has 1 fully saturated rings. The van der Waals surface area contributed by atoms with E-state index in [-0.39, 0.29) is 0 Å². The Morgan fingerprint density at radius 3 is 3.05 bits per heavy atom. The number of imidazole rings is 1. The van der Waals surface area contributed by atoms with Crippen LogP contribution in [0.5, 0.6) is 0 Å². The Balaban J connectivity index is 1.53. The Hall–Kier alpha value is -1.72. The van der Waals surface area contributed by atoms with Gasteiger partial charge in [-0.05, 0) is 31.5 Å². The first kappa shape index (κ1) is 13.9. The maximum atomic E-state index is 4.80. The van der Waals surface area contributed by atoms with Gasteiger partial charge in [-0.3, -0.25) is 4.90 Å². The molecule has 3 heterocycles. The van der Waals surface area contributed by atoms with Crippen molar-refractivity contribution in [3.05, 3.63) is 46.7 Å². The zero-order valence-corrected chi connectivity index (χ0v) is 13.6.